The molecule has 0 aliphatic heterocycles. The Kier molecular flexibility index (Phi) is 2.58. The van der Waals surface area contributed by atoms with Gasteiger partial charge in [0.1, 0.15) is 12.1 Å². The third-order valence-electron chi connectivity index (χ3n) is 2.05. The molecule has 2 rings (SSSR count). The molecule has 15 heavy (non-hydrogen) atoms. The molecule has 2 aromatic rings. The molecule has 3 nitrogen and oxygen atoms in total. The highest BCUT2D eigenvalue weighted by atomic mass is 19.1. The lowest BCUT2D eigenvalue weighted by molar-refractivity contribution is -0.107. The van der Waals surface area contributed by atoms with Gasteiger partial charge in [0.15, 0.2) is 0 Å². The Labute approximate surface area is 86.2 Å². The van der Waals surface area contributed by atoms with E-state index < -0.39 is 0 Å². The smallest absolute Gasteiger partial charge is 0.124 e. The molecule has 0 radical (unpaired) electrons. The van der Waals surface area contributed by atoms with E-state index in [1.165, 1.54) is 12.1 Å². The maximum atomic E-state index is 12.7. The van der Waals surface area contributed by atoms with Crippen molar-refractivity contribution in [3.05, 3.63) is 48.0 Å². The molecule has 1 aromatic heterocycles. The molecule has 1 heterocycles. The Hall–Kier alpha value is -1.97. The normalized spacial score (nSPS) is 10.2. The lowest BCUT2D eigenvalue weighted by Gasteiger charge is -1.99. The van der Waals surface area contributed by atoms with Crippen LogP contribution in [0.5, 0.6) is 0 Å². The van der Waals surface area contributed by atoms with Crippen LogP contribution in [0.3, 0.4) is 0 Å². The van der Waals surface area contributed by atoms with Gasteiger partial charge in [-0.05, 0) is 29.8 Å². The first kappa shape index (κ1) is 9.58. The molecule has 4 heteroatoms. The number of benzene rings is 1. The number of hydrogen-bond donors (Lipinski definition) is 0. The van der Waals surface area contributed by atoms with E-state index in [0.29, 0.717) is 6.42 Å². The molecule has 0 aliphatic rings. The first-order valence-corrected chi connectivity index (χ1v) is 4.53. The monoisotopic (exact) mass is 204 g/mol. The highest BCUT2D eigenvalue weighted by Crippen LogP contribution is 2.09. The van der Waals surface area contributed by atoms with Crippen molar-refractivity contribution in [3.8, 4) is 5.69 Å². The highest BCUT2D eigenvalue weighted by Gasteiger charge is 2.00. The molecular formula is C11H9FN2O. The predicted molar refractivity (Wildman–Crippen MR) is 53.3 cm³/mol. The molecule has 0 unspecified atom stereocenters. The van der Waals surface area contributed by atoms with E-state index in [0.717, 1.165) is 17.5 Å². The van der Waals surface area contributed by atoms with Gasteiger partial charge < -0.3 is 4.79 Å². The largest absolute Gasteiger partial charge is 0.303 e. The van der Waals surface area contributed by atoms with Gasteiger partial charge in [-0.2, -0.15) is 5.10 Å². The van der Waals surface area contributed by atoms with E-state index in [2.05, 4.69) is 5.10 Å². The van der Waals surface area contributed by atoms with Crippen LogP contribution in [0, 0.1) is 5.82 Å². The van der Waals surface area contributed by atoms with Crippen LogP contribution in [-0.2, 0) is 11.2 Å². The van der Waals surface area contributed by atoms with Crippen LogP contribution in [0.15, 0.2) is 36.7 Å². The second kappa shape index (κ2) is 4.04. The van der Waals surface area contributed by atoms with Crippen LogP contribution in [0.1, 0.15) is 5.56 Å². The first-order chi connectivity index (χ1) is 7.29. The van der Waals surface area contributed by atoms with Crippen molar-refractivity contribution in [1.82, 2.24) is 9.78 Å². The fourth-order valence-corrected chi connectivity index (χ4v) is 1.30. The molecule has 0 N–H and O–H groups in total. The van der Waals surface area contributed by atoms with E-state index in [-0.39, 0.29) is 5.82 Å². The van der Waals surface area contributed by atoms with Crippen molar-refractivity contribution in [3.63, 3.8) is 0 Å². The Morgan fingerprint density at radius 1 is 1.33 bits per heavy atom. The summed E-state index contributed by atoms with van der Waals surface area (Å²) in [5, 5.41) is 4.07. The molecule has 0 saturated heterocycles. The lowest BCUT2D eigenvalue weighted by atomic mass is 10.3. The van der Waals surface area contributed by atoms with E-state index in [9.17, 15) is 9.18 Å². The Morgan fingerprint density at radius 2 is 2.07 bits per heavy atom. The summed E-state index contributed by atoms with van der Waals surface area (Å²) in [6, 6.07) is 6.01. The van der Waals surface area contributed by atoms with Crippen molar-refractivity contribution in [2.75, 3.05) is 0 Å². The molecule has 0 bridgehead atoms. The van der Waals surface area contributed by atoms with Gasteiger partial charge in [0, 0.05) is 12.6 Å². The third-order valence-corrected chi connectivity index (χ3v) is 2.05. The molecule has 0 atom stereocenters. The molecule has 76 valence electrons. The van der Waals surface area contributed by atoms with Crippen molar-refractivity contribution >= 4 is 6.29 Å². The fraction of sp³-hybridized carbons (Fsp3) is 0.0909. The van der Waals surface area contributed by atoms with Crippen LogP contribution < -0.4 is 0 Å². The van der Waals surface area contributed by atoms with Gasteiger partial charge in [0.25, 0.3) is 0 Å². The van der Waals surface area contributed by atoms with Gasteiger partial charge in [0.05, 0.1) is 11.9 Å². The van der Waals surface area contributed by atoms with Crippen LogP contribution in [0.2, 0.25) is 0 Å². The number of nitrogens with zero attached hydrogens (tertiary/aromatic N) is 2. The topological polar surface area (TPSA) is 34.9 Å². The van der Waals surface area contributed by atoms with Crippen LogP contribution in [0.4, 0.5) is 4.39 Å². The zero-order valence-corrected chi connectivity index (χ0v) is 7.93. The van der Waals surface area contributed by atoms with Gasteiger partial charge in [0.2, 0.25) is 0 Å². The Bertz CT molecular complexity index is 462. The summed E-state index contributed by atoms with van der Waals surface area (Å²) in [4.78, 5) is 10.3. The van der Waals surface area contributed by atoms with Crippen LogP contribution in [0.25, 0.3) is 5.69 Å². The summed E-state index contributed by atoms with van der Waals surface area (Å²) < 4.78 is 14.3. The third kappa shape index (κ3) is 2.10. The van der Waals surface area contributed by atoms with Crippen molar-refractivity contribution in [2.45, 2.75) is 6.42 Å². The minimum Gasteiger partial charge on any atom is -0.303 e. The Morgan fingerprint density at radius 3 is 2.73 bits per heavy atom. The minimum atomic E-state index is -0.279. The number of aldehydes is 1. The lowest BCUT2D eigenvalue weighted by Crippen LogP contribution is -1.93. The van der Waals surface area contributed by atoms with E-state index in [1.807, 2.05) is 0 Å². The van der Waals surface area contributed by atoms with Gasteiger partial charge in [-0.3, -0.25) is 0 Å². The Balaban J connectivity index is 2.28. The summed E-state index contributed by atoms with van der Waals surface area (Å²) in [5.41, 5.74) is 1.61. The van der Waals surface area contributed by atoms with Gasteiger partial charge >= 0.3 is 0 Å². The molecule has 1 aromatic carbocycles. The number of aromatic nitrogens is 2. The second-order valence-electron chi connectivity index (χ2n) is 3.14. The number of halogens is 1. The average molecular weight is 204 g/mol. The summed E-state index contributed by atoms with van der Waals surface area (Å²) in [5.74, 6) is -0.279. The molecule has 0 amide bonds. The van der Waals surface area contributed by atoms with Crippen LogP contribution >= 0.6 is 0 Å². The second-order valence-corrected chi connectivity index (χ2v) is 3.14. The SMILES string of the molecule is O=CCc1cnn(-c2ccc(F)cc2)c1. The zero-order valence-electron chi connectivity index (χ0n) is 7.93. The standard InChI is InChI=1S/C11H9FN2O/c12-10-1-3-11(4-2-10)14-8-9(5-6-15)7-13-14/h1-4,6-8H,5H2. The fourth-order valence-electron chi connectivity index (χ4n) is 1.30. The molecule has 0 spiro atoms. The summed E-state index contributed by atoms with van der Waals surface area (Å²) in [6.45, 7) is 0. The summed E-state index contributed by atoms with van der Waals surface area (Å²) in [6.07, 6.45) is 4.55. The van der Waals surface area contributed by atoms with Gasteiger partial charge in [-0.25, -0.2) is 9.07 Å². The summed E-state index contributed by atoms with van der Waals surface area (Å²) in [7, 11) is 0. The quantitative estimate of drug-likeness (QED) is 0.714. The van der Waals surface area contributed by atoms with Crippen molar-refractivity contribution < 1.29 is 9.18 Å². The number of rotatable bonds is 3. The van der Waals surface area contributed by atoms with Crippen molar-refractivity contribution in [1.29, 1.82) is 0 Å². The summed E-state index contributed by atoms with van der Waals surface area (Å²) >= 11 is 0. The first-order valence-electron chi connectivity index (χ1n) is 4.53. The average Bonchev–Trinajstić information content (AvgIpc) is 2.68. The van der Waals surface area contributed by atoms with Crippen LogP contribution in [-0.4, -0.2) is 16.1 Å². The number of carbonyl (C=O) groups is 1. The molecule has 0 aliphatic carbocycles. The maximum absolute atomic E-state index is 12.7. The van der Waals surface area contributed by atoms with Gasteiger partial charge in [-0.1, -0.05) is 0 Å². The maximum Gasteiger partial charge on any atom is 0.124 e. The van der Waals surface area contributed by atoms with E-state index >= 15 is 0 Å². The minimum absolute atomic E-state index is 0.279. The number of hydrogen-bond acceptors (Lipinski definition) is 2. The van der Waals surface area contributed by atoms with Gasteiger partial charge in [-0.15, -0.1) is 0 Å². The molecular weight excluding hydrogens is 195 g/mol. The van der Waals surface area contributed by atoms with Crippen molar-refractivity contribution in [2.24, 2.45) is 0 Å². The zero-order chi connectivity index (χ0) is 10.7. The predicted octanol–water partition coefficient (Wildman–Crippen LogP) is 1.75. The molecule has 0 fully saturated rings. The number of carbonyl (C=O) groups excluding carboxylic acids is 1. The van der Waals surface area contributed by atoms with E-state index in [4.69, 9.17) is 0 Å². The van der Waals surface area contributed by atoms with E-state index in [1.54, 1.807) is 29.2 Å². The highest BCUT2D eigenvalue weighted by molar-refractivity contribution is 5.54. The molecule has 0 saturated carbocycles.